The van der Waals surface area contributed by atoms with E-state index in [1.807, 2.05) is 6.92 Å². The van der Waals surface area contributed by atoms with Crippen LogP contribution in [0, 0.1) is 6.92 Å². The van der Waals surface area contributed by atoms with E-state index in [-0.39, 0.29) is 5.56 Å². The van der Waals surface area contributed by atoms with Crippen LogP contribution in [0.4, 0.5) is 14.5 Å². The van der Waals surface area contributed by atoms with Gasteiger partial charge in [-0.1, -0.05) is 6.07 Å². The fourth-order valence-electron chi connectivity index (χ4n) is 1.37. The highest BCUT2D eigenvalue weighted by Gasteiger charge is 2.17. The Bertz CT molecular complexity index is 394. The number of halogens is 2. The number of rotatable bonds is 3. The van der Waals surface area contributed by atoms with Crippen molar-refractivity contribution in [3.05, 3.63) is 29.3 Å². The molecule has 0 radical (unpaired) electrons. The smallest absolute Gasteiger partial charge is 0.255 e. The molecule has 0 spiro atoms. The van der Waals surface area contributed by atoms with Gasteiger partial charge in [-0.2, -0.15) is 0 Å². The molecule has 3 nitrogen and oxygen atoms in total. The van der Waals surface area contributed by atoms with Crippen LogP contribution in [0.1, 0.15) is 15.9 Å². The minimum atomic E-state index is -2.54. The molecule has 0 bridgehead atoms. The lowest BCUT2D eigenvalue weighted by Crippen LogP contribution is -2.31. The van der Waals surface area contributed by atoms with E-state index in [9.17, 15) is 13.6 Å². The number of nitrogens with zero attached hydrogens (tertiary/aromatic N) is 1. The SMILES string of the molecule is Cc1ccc(C(=O)N(C)CC(F)F)c(N)c1. The van der Waals surface area contributed by atoms with E-state index >= 15 is 0 Å². The average Bonchev–Trinajstić information content (AvgIpc) is 2.15. The molecule has 88 valence electrons. The lowest BCUT2D eigenvalue weighted by Gasteiger charge is -2.17. The molecule has 1 amide bonds. The van der Waals surface area contributed by atoms with E-state index in [4.69, 9.17) is 5.73 Å². The third-order valence-corrected chi connectivity index (χ3v) is 2.20. The highest BCUT2D eigenvalue weighted by atomic mass is 19.3. The Hall–Kier alpha value is -1.65. The quantitative estimate of drug-likeness (QED) is 0.803. The molecule has 0 aliphatic rings. The summed E-state index contributed by atoms with van der Waals surface area (Å²) in [4.78, 5) is 12.7. The van der Waals surface area contributed by atoms with Crippen LogP contribution in [-0.4, -0.2) is 30.8 Å². The minimum absolute atomic E-state index is 0.258. The third-order valence-electron chi connectivity index (χ3n) is 2.20. The van der Waals surface area contributed by atoms with E-state index in [0.717, 1.165) is 10.5 Å². The number of anilines is 1. The zero-order chi connectivity index (χ0) is 12.3. The van der Waals surface area contributed by atoms with Gasteiger partial charge in [0.2, 0.25) is 0 Å². The van der Waals surface area contributed by atoms with Crippen LogP contribution >= 0.6 is 0 Å². The third kappa shape index (κ3) is 2.92. The van der Waals surface area contributed by atoms with Crippen LogP contribution in [0.3, 0.4) is 0 Å². The van der Waals surface area contributed by atoms with Crippen molar-refractivity contribution in [3.63, 3.8) is 0 Å². The predicted octanol–water partition coefficient (Wildman–Crippen LogP) is 1.91. The second-order valence-electron chi connectivity index (χ2n) is 3.67. The summed E-state index contributed by atoms with van der Waals surface area (Å²) in [5.41, 5.74) is 7.15. The molecule has 16 heavy (non-hydrogen) atoms. The Kier molecular flexibility index (Phi) is 3.82. The molecule has 1 rings (SSSR count). The first-order valence-corrected chi connectivity index (χ1v) is 4.81. The molecule has 0 fully saturated rings. The zero-order valence-electron chi connectivity index (χ0n) is 9.21. The maximum atomic E-state index is 12.1. The highest BCUT2D eigenvalue weighted by molar-refractivity contribution is 5.99. The first-order valence-electron chi connectivity index (χ1n) is 4.81. The van der Waals surface area contributed by atoms with Crippen LogP contribution < -0.4 is 5.73 Å². The van der Waals surface area contributed by atoms with Gasteiger partial charge in [-0.15, -0.1) is 0 Å². The van der Waals surface area contributed by atoms with Crippen molar-refractivity contribution in [2.45, 2.75) is 13.3 Å². The highest BCUT2D eigenvalue weighted by Crippen LogP contribution is 2.16. The Labute approximate surface area is 92.8 Å². The van der Waals surface area contributed by atoms with Gasteiger partial charge in [-0.25, -0.2) is 8.78 Å². The van der Waals surface area contributed by atoms with Gasteiger partial charge < -0.3 is 10.6 Å². The van der Waals surface area contributed by atoms with E-state index in [1.54, 1.807) is 18.2 Å². The Morgan fingerprint density at radius 2 is 2.12 bits per heavy atom. The summed E-state index contributed by atoms with van der Waals surface area (Å²) in [5, 5.41) is 0. The molecule has 1 aromatic rings. The largest absolute Gasteiger partial charge is 0.398 e. The average molecular weight is 228 g/mol. The Morgan fingerprint density at radius 1 is 1.50 bits per heavy atom. The van der Waals surface area contributed by atoms with Crippen molar-refractivity contribution in [1.82, 2.24) is 4.90 Å². The topological polar surface area (TPSA) is 46.3 Å². The summed E-state index contributed by atoms with van der Waals surface area (Å²) >= 11 is 0. The fraction of sp³-hybridized carbons (Fsp3) is 0.364. The first-order chi connectivity index (χ1) is 7.41. The van der Waals surface area contributed by atoms with Gasteiger partial charge in [-0.3, -0.25) is 4.79 Å². The normalized spacial score (nSPS) is 10.6. The van der Waals surface area contributed by atoms with Crippen LogP contribution in [0.2, 0.25) is 0 Å². The number of benzene rings is 1. The predicted molar refractivity (Wildman–Crippen MR) is 58.6 cm³/mol. The fourth-order valence-corrected chi connectivity index (χ4v) is 1.37. The summed E-state index contributed by atoms with van der Waals surface area (Å²) in [6.45, 7) is 1.25. The summed E-state index contributed by atoms with van der Waals surface area (Å²) in [7, 11) is 1.33. The minimum Gasteiger partial charge on any atom is -0.398 e. The Balaban J connectivity index is 2.88. The van der Waals surface area contributed by atoms with Crippen molar-refractivity contribution in [3.8, 4) is 0 Å². The molecular weight excluding hydrogens is 214 g/mol. The van der Waals surface area contributed by atoms with Crippen molar-refractivity contribution < 1.29 is 13.6 Å². The summed E-state index contributed by atoms with van der Waals surface area (Å²) in [6, 6.07) is 4.91. The number of hydrogen-bond acceptors (Lipinski definition) is 2. The van der Waals surface area contributed by atoms with Gasteiger partial charge in [0.25, 0.3) is 12.3 Å². The summed E-state index contributed by atoms with van der Waals surface area (Å²) in [6.07, 6.45) is -2.54. The molecule has 0 unspecified atom stereocenters. The van der Waals surface area contributed by atoms with Gasteiger partial charge in [-0.05, 0) is 24.6 Å². The lowest BCUT2D eigenvalue weighted by molar-refractivity contribution is 0.0621. The van der Waals surface area contributed by atoms with Gasteiger partial charge in [0.05, 0.1) is 12.1 Å². The van der Waals surface area contributed by atoms with E-state index in [2.05, 4.69) is 0 Å². The lowest BCUT2D eigenvalue weighted by atomic mass is 10.1. The van der Waals surface area contributed by atoms with Crippen molar-refractivity contribution in [2.24, 2.45) is 0 Å². The molecule has 1 aromatic carbocycles. The molecular formula is C11H14F2N2O. The number of nitrogen functional groups attached to an aromatic ring is 1. The summed E-state index contributed by atoms with van der Waals surface area (Å²) < 4.78 is 24.2. The molecule has 0 heterocycles. The molecule has 2 N–H and O–H groups in total. The molecule has 0 atom stereocenters. The number of nitrogens with two attached hydrogens (primary N) is 1. The number of alkyl halides is 2. The van der Waals surface area contributed by atoms with Gasteiger partial charge in [0.1, 0.15) is 0 Å². The molecule has 0 saturated heterocycles. The van der Waals surface area contributed by atoms with Crippen molar-refractivity contribution in [2.75, 3.05) is 19.3 Å². The molecule has 0 aliphatic heterocycles. The maximum Gasteiger partial charge on any atom is 0.255 e. The van der Waals surface area contributed by atoms with Crippen LogP contribution in [0.15, 0.2) is 18.2 Å². The number of carbonyl (C=O) groups is 1. The van der Waals surface area contributed by atoms with Crippen molar-refractivity contribution in [1.29, 1.82) is 0 Å². The summed E-state index contributed by atoms with van der Waals surface area (Å²) in [5.74, 6) is -0.488. The molecule has 0 aromatic heterocycles. The maximum absolute atomic E-state index is 12.1. The number of amides is 1. The standard InChI is InChI=1S/C11H14F2N2O/c1-7-3-4-8(9(14)5-7)11(16)15(2)6-10(12)13/h3-5,10H,6,14H2,1-2H3. The van der Waals surface area contributed by atoms with Gasteiger partial charge in [0.15, 0.2) is 0 Å². The molecule has 0 aliphatic carbocycles. The number of aryl methyl sites for hydroxylation is 1. The molecule has 5 heteroatoms. The van der Waals surface area contributed by atoms with E-state index < -0.39 is 18.9 Å². The van der Waals surface area contributed by atoms with E-state index in [1.165, 1.54) is 7.05 Å². The second kappa shape index (κ2) is 4.92. The Morgan fingerprint density at radius 3 is 2.62 bits per heavy atom. The van der Waals surface area contributed by atoms with Crippen molar-refractivity contribution >= 4 is 11.6 Å². The number of hydrogen-bond donors (Lipinski definition) is 1. The second-order valence-corrected chi connectivity index (χ2v) is 3.67. The zero-order valence-corrected chi connectivity index (χ0v) is 9.21. The van der Waals surface area contributed by atoms with E-state index in [0.29, 0.717) is 5.69 Å². The van der Waals surface area contributed by atoms with Crippen LogP contribution in [0.25, 0.3) is 0 Å². The number of carbonyl (C=O) groups excluding carboxylic acids is 1. The molecule has 0 saturated carbocycles. The monoisotopic (exact) mass is 228 g/mol. The van der Waals surface area contributed by atoms with Crippen LogP contribution in [0.5, 0.6) is 0 Å². The first kappa shape index (κ1) is 12.4. The van der Waals surface area contributed by atoms with Crippen LogP contribution in [-0.2, 0) is 0 Å². The van der Waals surface area contributed by atoms with Gasteiger partial charge in [0, 0.05) is 12.7 Å². The van der Waals surface area contributed by atoms with Gasteiger partial charge >= 0.3 is 0 Å².